The summed E-state index contributed by atoms with van der Waals surface area (Å²) < 4.78 is 12.2. The molecule has 0 bridgehead atoms. The molecule has 0 spiro atoms. The van der Waals surface area contributed by atoms with E-state index in [-0.39, 0.29) is 5.69 Å². The second-order valence-electron chi connectivity index (χ2n) is 5.12. The molecular formula is C17H16N2O4. The minimum atomic E-state index is -1.05. The molecule has 6 heteroatoms. The maximum Gasteiger partial charge on any atom is 0.355 e. The van der Waals surface area contributed by atoms with Crippen molar-refractivity contribution >= 4 is 11.6 Å². The molecular weight excluding hydrogens is 296 g/mol. The van der Waals surface area contributed by atoms with E-state index in [1.165, 1.54) is 7.11 Å². The molecule has 0 radical (unpaired) electrons. The Labute approximate surface area is 132 Å². The lowest BCUT2D eigenvalue weighted by atomic mass is 10.1. The van der Waals surface area contributed by atoms with E-state index in [0.29, 0.717) is 28.4 Å². The number of hydrogen-bond acceptors (Lipinski definition) is 4. The Bertz CT molecular complexity index is 899. The maximum absolute atomic E-state index is 11.8. The lowest BCUT2D eigenvalue weighted by Gasteiger charge is -2.09. The quantitative estimate of drug-likeness (QED) is 0.801. The van der Waals surface area contributed by atoms with E-state index >= 15 is 0 Å². The summed E-state index contributed by atoms with van der Waals surface area (Å²) in [6.45, 7) is 1.90. The van der Waals surface area contributed by atoms with Gasteiger partial charge in [-0.2, -0.15) is 0 Å². The fraction of sp³-hybridized carbons (Fsp3) is 0.176. The molecule has 1 aromatic carbocycles. The lowest BCUT2D eigenvalue weighted by molar-refractivity contribution is 0.0690. The predicted molar refractivity (Wildman–Crippen MR) is 85.4 cm³/mol. The van der Waals surface area contributed by atoms with E-state index in [9.17, 15) is 9.90 Å². The molecule has 0 atom stereocenters. The molecule has 0 aliphatic carbocycles. The summed E-state index contributed by atoms with van der Waals surface area (Å²) in [5.74, 6) is 0.0850. The van der Waals surface area contributed by atoms with Crippen LogP contribution in [-0.2, 0) is 0 Å². The van der Waals surface area contributed by atoms with Crippen LogP contribution in [0.3, 0.4) is 0 Å². The van der Waals surface area contributed by atoms with Gasteiger partial charge in [0.25, 0.3) is 0 Å². The average Bonchev–Trinajstić information content (AvgIpc) is 2.92. The number of ether oxygens (including phenoxy) is 2. The molecule has 0 aliphatic rings. The molecule has 1 N–H and O–H groups in total. The van der Waals surface area contributed by atoms with Crippen LogP contribution in [0.1, 0.15) is 16.1 Å². The number of pyridine rings is 1. The molecule has 3 rings (SSSR count). The van der Waals surface area contributed by atoms with E-state index in [0.717, 1.165) is 5.56 Å². The second kappa shape index (κ2) is 5.64. The van der Waals surface area contributed by atoms with Gasteiger partial charge in [0.05, 0.1) is 14.2 Å². The van der Waals surface area contributed by atoms with E-state index in [1.807, 2.05) is 13.0 Å². The first-order valence-electron chi connectivity index (χ1n) is 6.99. The molecule has 0 saturated heterocycles. The number of carbonyl (C=O) groups is 1. The largest absolute Gasteiger partial charge is 0.497 e. The van der Waals surface area contributed by atoms with Gasteiger partial charge in [0.2, 0.25) is 0 Å². The summed E-state index contributed by atoms with van der Waals surface area (Å²) in [7, 11) is 3.09. The Balaban J connectivity index is 2.36. The number of methoxy groups -OCH3 is 2. The Morgan fingerprint density at radius 2 is 1.96 bits per heavy atom. The van der Waals surface area contributed by atoms with Crippen molar-refractivity contribution in [2.75, 3.05) is 14.2 Å². The fourth-order valence-electron chi connectivity index (χ4n) is 2.54. The number of aryl methyl sites for hydroxylation is 1. The molecule has 0 saturated carbocycles. The standard InChI is InChI=1S/C17H16N2O4/c1-10-4-7-14-18-15(16(17(20)21)19(14)9-10)12-8-11(22-2)5-6-13(12)23-3/h4-9H,1-3H3,(H,20,21). The Morgan fingerprint density at radius 3 is 2.61 bits per heavy atom. The maximum atomic E-state index is 11.8. The minimum absolute atomic E-state index is 0.0928. The molecule has 0 unspecified atom stereocenters. The number of benzene rings is 1. The smallest absolute Gasteiger partial charge is 0.355 e. The van der Waals surface area contributed by atoms with Gasteiger partial charge in [-0.05, 0) is 36.8 Å². The molecule has 2 heterocycles. The number of fused-ring (bicyclic) bond motifs is 1. The summed E-state index contributed by atoms with van der Waals surface area (Å²) in [5.41, 5.74) is 2.52. The number of nitrogens with zero attached hydrogens (tertiary/aromatic N) is 2. The Hall–Kier alpha value is -3.02. The molecule has 2 aromatic heterocycles. The third kappa shape index (κ3) is 2.48. The van der Waals surface area contributed by atoms with Crippen molar-refractivity contribution in [1.82, 2.24) is 9.38 Å². The summed E-state index contributed by atoms with van der Waals surface area (Å²) in [4.78, 5) is 16.3. The fourth-order valence-corrected chi connectivity index (χ4v) is 2.54. The molecule has 3 aromatic rings. The number of carboxylic acid groups (broad SMARTS) is 1. The van der Waals surface area contributed by atoms with Crippen molar-refractivity contribution in [2.24, 2.45) is 0 Å². The van der Waals surface area contributed by atoms with Gasteiger partial charge in [0.15, 0.2) is 5.69 Å². The van der Waals surface area contributed by atoms with Crippen LogP contribution in [0.15, 0.2) is 36.5 Å². The highest BCUT2D eigenvalue weighted by molar-refractivity contribution is 5.95. The number of rotatable bonds is 4. The van der Waals surface area contributed by atoms with Crippen molar-refractivity contribution in [2.45, 2.75) is 6.92 Å². The van der Waals surface area contributed by atoms with Crippen molar-refractivity contribution in [1.29, 1.82) is 0 Å². The third-order valence-corrected chi connectivity index (χ3v) is 3.63. The second-order valence-corrected chi connectivity index (χ2v) is 5.12. The van der Waals surface area contributed by atoms with E-state index in [2.05, 4.69) is 4.98 Å². The van der Waals surface area contributed by atoms with Crippen molar-refractivity contribution in [3.05, 3.63) is 47.8 Å². The summed E-state index contributed by atoms with van der Waals surface area (Å²) >= 11 is 0. The average molecular weight is 312 g/mol. The van der Waals surface area contributed by atoms with Gasteiger partial charge in [0, 0.05) is 11.8 Å². The van der Waals surface area contributed by atoms with Gasteiger partial charge in [-0.3, -0.25) is 4.40 Å². The van der Waals surface area contributed by atoms with Crippen LogP contribution in [0.2, 0.25) is 0 Å². The molecule has 0 amide bonds. The number of aromatic nitrogens is 2. The van der Waals surface area contributed by atoms with Crippen LogP contribution in [0, 0.1) is 6.92 Å². The van der Waals surface area contributed by atoms with Crippen LogP contribution in [0.5, 0.6) is 11.5 Å². The normalized spacial score (nSPS) is 10.7. The SMILES string of the molecule is COc1ccc(OC)c(-c2nc3ccc(C)cn3c2C(=O)O)c1. The predicted octanol–water partition coefficient (Wildman–Crippen LogP) is 3.03. The summed E-state index contributed by atoms with van der Waals surface area (Å²) in [6.07, 6.45) is 1.75. The highest BCUT2D eigenvalue weighted by atomic mass is 16.5. The number of imidazole rings is 1. The van der Waals surface area contributed by atoms with Gasteiger partial charge in [-0.25, -0.2) is 9.78 Å². The zero-order valence-electron chi connectivity index (χ0n) is 13.0. The van der Waals surface area contributed by atoms with Crippen LogP contribution in [0.4, 0.5) is 0 Å². The number of aromatic carboxylic acids is 1. The van der Waals surface area contributed by atoms with Gasteiger partial charge in [-0.1, -0.05) is 6.07 Å². The number of carboxylic acids is 1. The monoisotopic (exact) mass is 312 g/mol. The Kier molecular flexibility index (Phi) is 3.65. The molecule has 23 heavy (non-hydrogen) atoms. The summed E-state index contributed by atoms with van der Waals surface area (Å²) in [5, 5.41) is 9.66. The first-order chi connectivity index (χ1) is 11.0. The van der Waals surface area contributed by atoms with Crippen LogP contribution in [-0.4, -0.2) is 34.7 Å². The van der Waals surface area contributed by atoms with Crippen molar-refractivity contribution < 1.29 is 19.4 Å². The van der Waals surface area contributed by atoms with Gasteiger partial charge in [0.1, 0.15) is 22.8 Å². The number of hydrogen-bond donors (Lipinski definition) is 1. The zero-order chi connectivity index (χ0) is 16.6. The topological polar surface area (TPSA) is 73.1 Å². The highest BCUT2D eigenvalue weighted by Crippen LogP contribution is 2.35. The van der Waals surface area contributed by atoms with Gasteiger partial charge >= 0.3 is 5.97 Å². The van der Waals surface area contributed by atoms with E-state index < -0.39 is 5.97 Å². The van der Waals surface area contributed by atoms with Crippen molar-refractivity contribution in [3.63, 3.8) is 0 Å². The van der Waals surface area contributed by atoms with Gasteiger partial charge < -0.3 is 14.6 Å². The minimum Gasteiger partial charge on any atom is -0.497 e. The summed E-state index contributed by atoms with van der Waals surface area (Å²) in [6, 6.07) is 8.89. The van der Waals surface area contributed by atoms with E-state index in [4.69, 9.17) is 9.47 Å². The van der Waals surface area contributed by atoms with Crippen LogP contribution >= 0.6 is 0 Å². The molecule has 118 valence electrons. The lowest BCUT2D eigenvalue weighted by Crippen LogP contribution is -2.04. The van der Waals surface area contributed by atoms with Crippen LogP contribution in [0.25, 0.3) is 16.9 Å². The van der Waals surface area contributed by atoms with Crippen molar-refractivity contribution in [3.8, 4) is 22.8 Å². The first kappa shape index (κ1) is 14.9. The molecule has 6 nitrogen and oxygen atoms in total. The third-order valence-electron chi connectivity index (χ3n) is 3.63. The molecule has 0 fully saturated rings. The first-order valence-corrected chi connectivity index (χ1v) is 6.99. The van der Waals surface area contributed by atoms with Crippen LogP contribution < -0.4 is 9.47 Å². The highest BCUT2D eigenvalue weighted by Gasteiger charge is 2.23. The van der Waals surface area contributed by atoms with E-state index in [1.54, 1.807) is 42.0 Å². The Morgan fingerprint density at radius 1 is 1.17 bits per heavy atom. The molecule has 0 aliphatic heterocycles. The zero-order valence-corrected chi connectivity index (χ0v) is 13.0. The van der Waals surface area contributed by atoms with Gasteiger partial charge in [-0.15, -0.1) is 0 Å².